The van der Waals surface area contributed by atoms with Crippen LogP contribution in [0.15, 0.2) is 24.3 Å². The third-order valence-corrected chi connectivity index (χ3v) is 5.04. The minimum atomic E-state index is -0.438. The van der Waals surface area contributed by atoms with Gasteiger partial charge in [-0.3, -0.25) is 14.6 Å². The molecule has 0 bridgehead atoms. The molecule has 2 atom stereocenters. The van der Waals surface area contributed by atoms with Crippen molar-refractivity contribution in [3.8, 4) is 0 Å². The Morgan fingerprint density at radius 3 is 2.23 bits per heavy atom. The number of halogens is 1. The highest BCUT2D eigenvalue weighted by atomic mass is 35.5. The van der Waals surface area contributed by atoms with E-state index in [1.807, 2.05) is 12.1 Å². The second kappa shape index (κ2) is 7.47. The summed E-state index contributed by atoms with van der Waals surface area (Å²) in [6.45, 7) is 10.3. The molecule has 2 unspecified atom stereocenters. The van der Waals surface area contributed by atoms with E-state index in [0.29, 0.717) is 17.4 Å². The van der Waals surface area contributed by atoms with E-state index in [1.54, 1.807) is 40.9 Å². The predicted molar refractivity (Wildman–Crippen MR) is 106 cm³/mol. The van der Waals surface area contributed by atoms with Gasteiger partial charge in [0.15, 0.2) is 0 Å². The van der Waals surface area contributed by atoms with Gasteiger partial charge in [0.2, 0.25) is 5.91 Å². The van der Waals surface area contributed by atoms with Crippen molar-refractivity contribution in [2.24, 2.45) is 11.3 Å². The first-order valence-electron chi connectivity index (χ1n) is 9.03. The lowest BCUT2D eigenvalue weighted by atomic mass is 9.91. The summed E-state index contributed by atoms with van der Waals surface area (Å²) in [5, 5.41) is 0.621. The number of benzene rings is 1. The number of rotatable bonds is 3. The van der Waals surface area contributed by atoms with E-state index < -0.39 is 6.04 Å². The molecule has 1 aromatic carbocycles. The number of likely N-dealkylation sites (N-methyl/N-ethyl adjacent to an activating group) is 1. The largest absolute Gasteiger partial charge is 0.326 e. The Labute approximate surface area is 161 Å². The summed E-state index contributed by atoms with van der Waals surface area (Å²) >= 11 is 5.96. The average molecular weight is 380 g/mol. The number of hydrogen-bond acceptors (Lipinski definition) is 2. The molecular weight excluding hydrogens is 350 g/mol. The second-order valence-electron chi connectivity index (χ2n) is 8.56. The van der Waals surface area contributed by atoms with E-state index in [1.165, 1.54) is 0 Å². The molecular formula is C20H30ClN3O2. The summed E-state index contributed by atoms with van der Waals surface area (Å²) in [7, 11) is 3.53. The van der Waals surface area contributed by atoms with E-state index in [9.17, 15) is 9.59 Å². The van der Waals surface area contributed by atoms with E-state index in [2.05, 4.69) is 34.6 Å². The van der Waals surface area contributed by atoms with E-state index in [4.69, 9.17) is 11.6 Å². The second-order valence-corrected chi connectivity index (χ2v) is 9.00. The molecule has 1 aromatic rings. The zero-order chi connectivity index (χ0) is 19.8. The molecule has 0 aliphatic carbocycles. The number of hydrogen-bond donors (Lipinski definition) is 0. The molecule has 26 heavy (non-hydrogen) atoms. The number of nitrogens with zero attached hydrogens (tertiary/aromatic N) is 3. The van der Waals surface area contributed by atoms with Crippen molar-refractivity contribution in [1.82, 2.24) is 9.80 Å². The fraction of sp³-hybridized carbons (Fsp3) is 0.600. The van der Waals surface area contributed by atoms with Crippen molar-refractivity contribution in [3.63, 3.8) is 0 Å². The van der Waals surface area contributed by atoms with E-state index in [0.717, 1.165) is 5.69 Å². The molecule has 1 aliphatic rings. The van der Waals surface area contributed by atoms with Crippen LogP contribution in [0.4, 0.5) is 10.5 Å². The average Bonchev–Trinajstić information content (AvgIpc) is 2.78. The van der Waals surface area contributed by atoms with Crippen LogP contribution in [0.25, 0.3) is 0 Å². The van der Waals surface area contributed by atoms with Gasteiger partial charge in [-0.2, -0.15) is 0 Å². The lowest BCUT2D eigenvalue weighted by molar-refractivity contribution is -0.130. The van der Waals surface area contributed by atoms with Crippen molar-refractivity contribution in [1.29, 1.82) is 0 Å². The molecule has 1 saturated heterocycles. The molecule has 1 fully saturated rings. The maximum absolute atomic E-state index is 13.4. The van der Waals surface area contributed by atoms with Crippen molar-refractivity contribution in [3.05, 3.63) is 29.3 Å². The minimum absolute atomic E-state index is 0.0106. The normalized spacial score (nSPS) is 20.9. The summed E-state index contributed by atoms with van der Waals surface area (Å²) in [4.78, 5) is 31.4. The highest BCUT2D eigenvalue weighted by molar-refractivity contribution is 6.30. The van der Waals surface area contributed by atoms with Gasteiger partial charge in [-0.05, 0) is 36.6 Å². The summed E-state index contributed by atoms with van der Waals surface area (Å²) in [6, 6.07) is 6.53. The summed E-state index contributed by atoms with van der Waals surface area (Å²) in [5.41, 5.74) is 0.490. The van der Waals surface area contributed by atoms with Crippen LogP contribution >= 0.6 is 11.6 Å². The lowest BCUT2D eigenvalue weighted by Crippen LogP contribution is -2.54. The Bertz CT molecular complexity index is 667. The van der Waals surface area contributed by atoms with Crippen LogP contribution in [-0.2, 0) is 4.79 Å². The monoisotopic (exact) mass is 379 g/mol. The fourth-order valence-electron chi connectivity index (χ4n) is 3.68. The molecule has 0 saturated carbocycles. The quantitative estimate of drug-likeness (QED) is 0.778. The number of urea groups is 1. The Balaban J connectivity index is 2.42. The first kappa shape index (κ1) is 20.6. The summed E-state index contributed by atoms with van der Waals surface area (Å²) in [6.07, 6.45) is 0.358. The minimum Gasteiger partial charge on any atom is -0.323 e. The third kappa shape index (κ3) is 3.98. The Morgan fingerprint density at radius 2 is 1.77 bits per heavy atom. The molecule has 6 heteroatoms. The molecule has 1 heterocycles. The molecule has 144 valence electrons. The van der Waals surface area contributed by atoms with Crippen LogP contribution in [0.5, 0.6) is 0 Å². The molecule has 0 radical (unpaired) electrons. The Hall–Kier alpha value is -1.75. The van der Waals surface area contributed by atoms with Crippen LogP contribution in [0.3, 0.4) is 0 Å². The van der Waals surface area contributed by atoms with Crippen molar-refractivity contribution in [2.75, 3.05) is 19.0 Å². The van der Waals surface area contributed by atoms with Gasteiger partial charge in [0.05, 0.1) is 0 Å². The van der Waals surface area contributed by atoms with Gasteiger partial charge in [0, 0.05) is 30.2 Å². The molecule has 0 spiro atoms. The highest BCUT2D eigenvalue weighted by Crippen LogP contribution is 2.37. The number of anilines is 1. The zero-order valence-corrected chi connectivity index (χ0v) is 17.5. The van der Waals surface area contributed by atoms with Gasteiger partial charge in [0.1, 0.15) is 12.2 Å². The molecule has 5 nitrogen and oxygen atoms in total. The number of carbonyl (C=O) groups is 2. The maximum Gasteiger partial charge on any atom is 0.326 e. The number of carbonyl (C=O) groups excluding carboxylic acids is 2. The van der Waals surface area contributed by atoms with Crippen molar-refractivity contribution < 1.29 is 9.59 Å². The fourth-order valence-corrected chi connectivity index (χ4v) is 3.80. The smallest absolute Gasteiger partial charge is 0.323 e. The van der Waals surface area contributed by atoms with Crippen LogP contribution in [0.1, 0.15) is 41.0 Å². The third-order valence-electron chi connectivity index (χ3n) is 4.79. The van der Waals surface area contributed by atoms with Gasteiger partial charge in [-0.15, -0.1) is 0 Å². The van der Waals surface area contributed by atoms with Crippen LogP contribution in [0, 0.1) is 11.3 Å². The summed E-state index contributed by atoms with van der Waals surface area (Å²) < 4.78 is 0. The molecule has 0 aromatic heterocycles. The van der Waals surface area contributed by atoms with Gasteiger partial charge in [0.25, 0.3) is 0 Å². The number of amides is 3. The first-order valence-corrected chi connectivity index (χ1v) is 9.41. The SMILES string of the molecule is CC(C)CC1C(=O)N(C)C(C(C)(C)C)N1C(=O)N(C)c1ccc(Cl)cc1. The van der Waals surface area contributed by atoms with E-state index >= 15 is 0 Å². The molecule has 2 rings (SSSR count). The van der Waals surface area contributed by atoms with Crippen molar-refractivity contribution >= 4 is 29.2 Å². The standard InChI is InChI=1S/C20H30ClN3O2/c1-13(2)12-16-17(25)23(7)18(20(3,4)5)24(16)19(26)22(6)15-10-8-14(21)9-11-15/h8-11,13,16,18H,12H2,1-7H3. The van der Waals surface area contributed by atoms with Crippen molar-refractivity contribution in [2.45, 2.75) is 53.2 Å². The van der Waals surface area contributed by atoms with Gasteiger partial charge in [-0.25, -0.2) is 4.79 Å². The first-order chi connectivity index (χ1) is 11.9. The lowest BCUT2D eigenvalue weighted by Gasteiger charge is -2.40. The van der Waals surface area contributed by atoms with Crippen LogP contribution in [-0.4, -0.2) is 48.0 Å². The predicted octanol–water partition coefficient (Wildman–Crippen LogP) is 4.46. The molecule has 1 aliphatic heterocycles. The van der Waals surface area contributed by atoms with Gasteiger partial charge < -0.3 is 4.90 Å². The maximum atomic E-state index is 13.4. The van der Waals surface area contributed by atoms with E-state index in [-0.39, 0.29) is 23.5 Å². The Morgan fingerprint density at radius 1 is 1.23 bits per heavy atom. The topological polar surface area (TPSA) is 43.9 Å². The van der Waals surface area contributed by atoms with Crippen LogP contribution in [0.2, 0.25) is 5.02 Å². The van der Waals surface area contributed by atoms with Crippen LogP contribution < -0.4 is 4.90 Å². The molecule has 3 amide bonds. The highest BCUT2D eigenvalue weighted by Gasteiger charge is 2.51. The summed E-state index contributed by atoms with van der Waals surface area (Å²) in [5.74, 6) is 0.323. The van der Waals surface area contributed by atoms with Gasteiger partial charge >= 0.3 is 6.03 Å². The van der Waals surface area contributed by atoms with Gasteiger partial charge in [-0.1, -0.05) is 46.2 Å². The molecule has 0 N–H and O–H groups in total. The zero-order valence-electron chi connectivity index (χ0n) is 16.8. The Kier molecular flexibility index (Phi) is 5.91.